The molecule has 6 aromatic heterocycles. The molecule has 414 valence electrons. The van der Waals surface area contributed by atoms with Gasteiger partial charge in [0.1, 0.15) is 0 Å². The fourth-order valence-electron chi connectivity index (χ4n) is 14.3. The third-order valence-electron chi connectivity index (χ3n) is 18.4. The number of hydrogen-bond acceptors (Lipinski definition) is 3. The van der Waals surface area contributed by atoms with Crippen LogP contribution in [0.3, 0.4) is 0 Å². The van der Waals surface area contributed by atoms with Crippen LogP contribution in [0.1, 0.15) is 0 Å². The van der Waals surface area contributed by atoms with E-state index in [2.05, 4.69) is 322 Å². The Morgan fingerprint density at radius 3 is 1.08 bits per heavy atom. The Morgan fingerprint density at radius 2 is 0.562 bits per heavy atom. The van der Waals surface area contributed by atoms with Crippen LogP contribution < -0.4 is 0 Å². The largest absolute Gasteiger partial charge is 0.309 e. The smallest absolute Gasteiger partial charge is 0.235 e. The molecule has 0 amide bonds. The first-order chi connectivity index (χ1) is 44.1. The molecule has 0 fully saturated rings. The maximum atomic E-state index is 5.45. The van der Waals surface area contributed by atoms with Gasteiger partial charge in [0.25, 0.3) is 0 Å². The standard InChI is InChI=1S/C82H50N6S/c1-6-20-51(21-7-1)70-50-71(52-22-8-2-9-23-52)84-82(83-70)88-75-41-35-54(45-65(75)67-49-76-66(48-77(67)88)61-31-17-18-32-72(61)85(76)57-24-10-3-11-25-57)56-37-43-79-69(47-56)68-46-55(36-42-78(68)89-79)53-34-40-74-64(44-53)63-39-38-62-60-30-16-19-33-73(60)86(58-26-12-4-13-27-58)80(62)81(63)87(74)59-28-14-5-15-29-59/h1-50H. The first kappa shape index (κ1) is 49.6. The fraction of sp³-hybridized carbons (Fsp3) is 0. The number of hydrogen-bond donors (Lipinski definition) is 0. The molecule has 13 aromatic carbocycles. The fourth-order valence-corrected chi connectivity index (χ4v) is 15.4. The topological polar surface area (TPSA) is 45.5 Å². The van der Waals surface area contributed by atoms with Gasteiger partial charge in [-0.05, 0) is 138 Å². The molecule has 0 saturated carbocycles. The van der Waals surface area contributed by atoms with Crippen LogP contribution >= 0.6 is 11.3 Å². The Morgan fingerprint density at radius 1 is 0.213 bits per heavy atom. The summed E-state index contributed by atoms with van der Waals surface area (Å²) in [6, 6.07) is 111. The van der Waals surface area contributed by atoms with Crippen molar-refractivity contribution in [3.05, 3.63) is 303 Å². The average Bonchev–Trinajstić information content (AvgIpc) is 1.58. The van der Waals surface area contributed by atoms with Crippen molar-refractivity contribution in [2.45, 2.75) is 0 Å². The summed E-state index contributed by atoms with van der Waals surface area (Å²) in [5.74, 6) is 0.622. The van der Waals surface area contributed by atoms with E-state index in [4.69, 9.17) is 9.97 Å². The van der Waals surface area contributed by atoms with E-state index in [9.17, 15) is 0 Å². The van der Waals surface area contributed by atoms with E-state index in [1.807, 2.05) is 11.3 Å². The molecule has 6 nitrogen and oxygen atoms in total. The van der Waals surface area contributed by atoms with Crippen molar-refractivity contribution >= 4 is 119 Å². The van der Waals surface area contributed by atoms with Gasteiger partial charge in [0.2, 0.25) is 5.95 Å². The second-order valence-corrected chi connectivity index (χ2v) is 24.4. The molecule has 0 aliphatic rings. The molecular weight excluding hydrogens is 1100 g/mol. The van der Waals surface area contributed by atoms with E-state index in [-0.39, 0.29) is 0 Å². The zero-order valence-corrected chi connectivity index (χ0v) is 48.8. The molecule has 19 aromatic rings. The molecule has 0 aliphatic carbocycles. The van der Waals surface area contributed by atoms with Crippen LogP contribution in [-0.2, 0) is 0 Å². The third-order valence-corrected chi connectivity index (χ3v) is 19.5. The van der Waals surface area contributed by atoms with Crippen molar-refractivity contribution in [3.63, 3.8) is 0 Å². The van der Waals surface area contributed by atoms with Gasteiger partial charge in [-0.25, -0.2) is 9.97 Å². The summed E-state index contributed by atoms with van der Waals surface area (Å²) in [5, 5.41) is 12.0. The van der Waals surface area contributed by atoms with Crippen molar-refractivity contribution < 1.29 is 0 Å². The minimum atomic E-state index is 0.622. The van der Waals surface area contributed by atoms with Crippen LogP contribution in [0.4, 0.5) is 0 Å². The van der Waals surface area contributed by atoms with Gasteiger partial charge < -0.3 is 13.7 Å². The first-order valence-corrected chi connectivity index (χ1v) is 31.1. The van der Waals surface area contributed by atoms with E-state index in [1.165, 1.54) is 85.7 Å². The number of fused-ring (bicyclic) bond motifs is 16. The number of thiophene rings is 1. The number of aromatic nitrogens is 6. The van der Waals surface area contributed by atoms with Crippen molar-refractivity contribution in [1.82, 2.24) is 28.2 Å². The minimum absolute atomic E-state index is 0.622. The molecule has 0 saturated heterocycles. The van der Waals surface area contributed by atoms with E-state index >= 15 is 0 Å². The summed E-state index contributed by atoms with van der Waals surface area (Å²) in [5.41, 5.74) is 21.0. The molecule has 0 bridgehead atoms. The van der Waals surface area contributed by atoms with E-state index in [0.29, 0.717) is 5.95 Å². The molecule has 7 heteroatoms. The molecule has 0 N–H and O–H groups in total. The van der Waals surface area contributed by atoms with Gasteiger partial charge >= 0.3 is 0 Å². The second-order valence-electron chi connectivity index (χ2n) is 23.3. The monoisotopic (exact) mass is 1150 g/mol. The number of benzene rings is 13. The molecule has 19 rings (SSSR count). The summed E-state index contributed by atoms with van der Waals surface area (Å²) < 4.78 is 12.2. The normalized spacial score (nSPS) is 12.0. The molecule has 0 radical (unpaired) electrons. The lowest BCUT2D eigenvalue weighted by molar-refractivity contribution is 0.996. The molecular formula is C82H50N6S. The number of para-hydroxylation sites is 5. The maximum Gasteiger partial charge on any atom is 0.235 e. The van der Waals surface area contributed by atoms with Gasteiger partial charge in [-0.3, -0.25) is 4.57 Å². The lowest BCUT2D eigenvalue weighted by atomic mass is 9.98. The van der Waals surface area contributed by atoms with Crippen molar-refractivity contribution in [3.8, 4) is 67.8 Å². The molecule has 0 unspecified atom stereocenters. The summed E-state index contributed by atoms with van der Waals surface area (Å²) in [4.78, 5) is 10.9. The zero-order valence-electron chi connectivity index (χ0n) is 48.0. The lowest BCUT2D eigenvalue weighted by Crippen LogP contribution is -2.04. The molecule has 89 heavy (non-hydrogen) atoms. The first-order valence-electron chi connectivity index (χ1n) is 30.3. The number of nitrogens with zero attached hydrogens (tertiary/aromatic N) is 6. The summed E-state index contributed by atoms with van der Waals surface area (Å²) >= 11 is 1.86. The van der Waals surface area contributed by atoms with Gasteiger partial charge in [-0.1, -0.05) is 188 Å². The molecule has 6 heterocycles. The van der Waals surface area contributed by atoms with Crippen molar-refractivity contribution in [2.24, 2.45) is 0 Å². The van der Waals surface area contributed by atoms with E-state index in [0.717, 1.165) is 83.5 Å². The Labute approximate surface area is 514 Å². The maximum absolute atomic E-state index is 5.45. The summed E-state index contributed by atoms with van der Waals surface area (Å²) in [7, 11) is 0. The Kier molecular flexibility index (Phi) is 10.8. The van der Waals surface area contributed by atoms with Gasteiger partial charge in [-0.15, -0.1) is 11.3 Å². The quantitative estimate of drug-likeness (QED) is 0.152. The average molecular weight is 1150 g/mol. The van der Waals surface area contributed by atoms with Gasteiger partial charge in [0.15, 0.2) is 0 Å². The predicted molar refractivity (Wildman–Crippen MR) is 374 cm³/mol. The predicted octanol–water partition coefficient (Wildman–Crippen LogP) is 21.9. The molecule has 0 atom stereocenters. The van der Waals surface area contributed by atoms with Crippen molar-refractivity contribution in [2.75, 3.05) is 0 Å². The Balaban J connectivity index is 0.794. The minimum Gasteiger partial charge on any atom is -0.309 e. The van der Waals surface area contributed by atoms with E-state index < -0.39 is 0 Å². The zero-order chi connectivity index (χ0) is 58.3. The highest BCUT2D eigenvalue weighted by Gasteiger charge is 2.25. The van der Waals surface area contributed by atoms with Gasteiger partial charge in [-0.2, -0.15) is 0 Å². The SMILES string of the molecule is c1ccc(-c2cc(-c3ccccc3)nc(-n3c4ccc(-c5ccc6sc7ccc(-c8ccc9c(c8)c8ccc%10c%11ccccc%11n(-c%11ccccc%11)c%10c8n9-c8ccccc8)cc7c6c5)cc4c4cc5c(cc43)c3ccccc3n5-c3ccccc3)n2)cc1. The van der Waals surface area contributed by atoms with Crippen molar-refractivity contribution in [1.29, 1.82) is 0 Å². The highest BCUT2D eigenvalue weighted by molar-refractivity contribution is 7.25. The van der Waals surface area contributed by atoms with Crippen LogP contribution in [0.25, 0.3) is 175 Å². The van der Waals surface area contributed by atoms with Gasteiger partial charge in [0.05, 0.1) is 55.5 Å². The summed E-state index contributed by atoms with van der Waals surface area (Å²) in [6.07, 6.45) is 0. The molecule has 0 spiro atoms. The van der Waals surface area contributed by atoms with Crippen LogP contribution in [0, 0.1) is 0 Å². The lowest BCUT2D eigenvalue weighted by Gasteiger charge is -2.12. The Bertz CT molecular complexity index is 6020. The van der Waals surface area contributed by atoms with Crippen LogP contribution in [0.15, 0.2) is 303 Å². The van der Waals surface area contributed by atoms with E-state index in [1.54, 1.807) is 0 Å². The second kappa shape index (κ2) is 19.4. The van der Waals surface area contributed by atoms with Crippen LogP contribution in [-0.4, -0.2) is 28.2 Å². The Hall–Kier alpha value is -11.6. The van der Waals surface area contributed by atoms with Crippen LogP contribution in [0.5, 0.6) is 0 Å². The number of rotatable bonds is 8. The highest BCUT2D eigenvalue weighted by Crippen LogP contribution is 2.46. The molecule has 0 aliphatic heterocycles. The third kappa shape index (κ3) is 7.62. The highest BCUT2D eigenvalue weighted by atomic mass is 32.1. The van der Waals surface area contributed by atoms with Crippen LogP contribution in [0.2, 0.25) is 0 Å². The van der Waals surface area contributed by atoms with Gasteiger partial charge in [0, 0.05) is 91.5 Å². The summed E-state index contributed by atoms with van der Waals surface area (Å²) in [6.45, 7) is 0.